The van der Waals surface area contributed by atoms with E-state index in [4.69, 9.17) is 0 Å². The summed E-state index contributed by atoms with van der Waals surface area (Å²) in [6, 6.07) is 6.15. The number of nitrogens with zero attached hydrogens (tertiary/aromatic N) is 1. The summed E-state index contributed by atoms with van der Waals surface area (Å²) in [7, 11) is 0. The van der Waals surface area contributed by atoms with Crippen LogP contribution < -0.4 is 4.74 Å². The van der Waals surface area contributed by atoms with Crippen LogP contribution in [0.15, 0.2) is 24.3 Å². The summed E-state index contributed by atoms with van der Waals surface area (Å²) in [5.74, 6) is 0.175. The first kappa shape index (κ1) is 14.2. The van der Waals surface area contributed by atoms with Crippen molar-refractivity contribution in [1.82, 2.24) is 4.90 Å². The standard InChI is InChI=1S/C15H16F3NO2/c16-15(17,18)21-13-3-1-11(2-4-13)12-5-6-14(7-12)8-19(9-14)10-20/h1-4,10,12H,5-9H2. The second kappa shape index (κ2) is 4.93. The number of hydrogen-bond donors (Lipinski definition) is 0. The summed E-state index contributed by atoms with van der Waals surface area (Å²) in [4.78, 5) is 12.4. The molecule has 1 aliphatic heterocycles. The number of amides is 1. The first-order chi connectivity index (χ1) is 9.89. The Labute approximate surface area is 120 Å². The van der Waals surface area contributed by atoms with E-state index in [1.54, 1.807) is 17.0 Å². The number of hydrogen-bond acceptors (Lipinski definition) is 2. The van der Waals surface area contributed by atoms with Gasteiger partial charge >= 0.3 is 6.36 Å². The van der Waals surface area contributed by atoms with Crippen molar-refractivity contribution in [2.75, 3.05) is 13.1 Å². The van der Waals surface area contributed by atoms with Gasteiger partial charge in [-0.05, 0) is 42.9 Å². The summed E-state index contributed by atoms with van der Waals surface area (Å²) < 4.78 is 40.2. The minimum Gasteiger partial charge on any atom is -0.406 e. The lowest BCUT2D eigenvalue weighted by Crippen LogP contribution is -2.54. The second-order valence-corrected chi connectivity index (χ2v) is 6.07. The van der Waals surface area contributed by atoms with Crippen LogP contribution in [0.3, 0.4) is 0 Å². The Morgan fingerprint density at radius 3 is 2.48 bits per heavy atom. The maximum absolute atomic E-state index is 12.1. The van der Waals surface area contributed by atoms with E-state index in [-0.39, 0.29) is 11.2 Å². The lowest BCUT2D eigenvalue weighted by Gasteiger charge is -2.46. The Hall–Kier alpha value is -1.72. The number of carbonyl (C=O) groups is 1. The molecule has 0 aromatic heterocycles. The van der Waals surface area contributed by atoms with E-state index < -0.39 is 6.36 Å². The molecule has 1 atom stereocenters. The van der Waals surface area contributed by atoms with Crippen molar-refractivity contribution in [3.8, 4) is 5.75 Å². The van der Waals surface area contributed by atoms with E-state index in [1.807, 2.05) is 0 Å². The third-order valence-electron chi connectivity index (χ3n) is 4.51. The lowest BCUT2D eigenvalue weighted by molar-refractivity contribution is -0.274. The smallest absolute Gasteiger partial charge is 0.406 e. The predicted molar refractivity (Wildman–Crippen MR) is 69.8 cm³/mol. The van der Waals surface area contributed by atoms with Gasteiger partial charge in [0.25, 0.3) is 0 Å². The molecule has 1 aromatic carbocycles. The first-order valence-corrected chi connectivity index (χ1v) is 6.94. The molecule has 1 aromatic rings. The largest absolute Gasteiger partial charge is 0.573 e. The molecule has 1 saturated heterocycles. The topological polar surface area (TPSA) is 29.5 Å². The van der Waals surface area contributed by atoms with Crippen molar-refractivity contribution >= 4 is 6.41 Å². The molecule has 3 rings (SSSR count). The molecular formula is C15H16F3NO2. The van der Waals surface area contributed by atoms with E-state index >= 15 is 0 Å². The molecule has 114 valence electrons. The summed E-state index contributed by atoms with van der Waals surface area (Å²) in [6.07, 6.45) is -0.684. The molecule has 1 aliphatic carbocycles. The number of ether oxygens (including phenoxy) is 1. The maximum atomic E-state index is 12.1. The maximum Gasteiger partial charge on any atom is 0.573 e. The highest BCUT2D eigenvalue weighted by Gasteiger charge is 2.47. The van der Waals surface area contributed by atoms with Crippen LogP contribution in [0, 0.1) is 5.41 Å². The van der Waals surface area contributed by atoms with Crippen LogP contribution in [0.4, 0.5) is 13.2 Å². The molecule has 1 heterocycles. The average Bonchev–Trinajstić information content (AvgIpc) is 2.81. The highest BCUT2D eigenvalue weighted by Crippen LogP contribution is 2.51. The van der Waals surface area contributed by atoms with E-state index in [0.29, 0.717) is 5.92 Å². The molecule has 1 saturated carbocycles. The van der Waals surface area contributed by atoms with Gasteiger partial charge in [0.2, 0.25) is 6.41 Å². The van der Waals surface area contributed by atoms with Crippen LogP contribution in [0.25, 0.3) is 0 Å². The van der Waals surface area contributed by atoms with Crippen LogP contribution in [-0.4, -0.2) is 30.8 Å². The minimum absolute atomic E-state index is 0.185. The van der Waals surface area contributed by atoms with Crippen molar-refractivity contribution < 1.29 is 22.7 Å². The van der Waals surface area contributed by atoms with Gasteiger partial charge in [-0.3, -0.25) is 4.79 Å². The number of benzene rings is 1. The van der Waals surface area contributed by atoms with Crippen LogP contribution in [0.5, 0.6) is 5.75 Å². The summed E-state index contributed by atoms with van der Waals surface area (Å²) >= 11 is 0. The van der Waals surface area contributed by atoms with Crippen molar-refractivity contribution in [3.05, 3.63) is 29.8 Å². The van der Waals surface area contributed by atoms with Crippen molar-refractivity contribution in [2.24, 2.45) is 5.41 Å². The van der Waals surface area contributed by atoms with Gasteiger partial charge in [-0.2, -0.15) is 0 Å². The molecule has 2 fully saturated rings. The fourth-order valence-corrected chi connectivity index (χ4v) is 3.61. The van der Waals surface area contributed by atoms with E-state index in [9.17, 15) is 18.0 Å². The lowest BCUT2D eigenvalue weighted by atomic mass is 9.77. The summed E-state index contributed by atoms with van der Waals surface area (Å²) in [5, 5.41) is 0. The number of carbonyl (C=O) groups excluding carboxylic acids is 1. The first-order valence-electron chi connectivity index (χ1n) is 6.94. The molecule has 1 unspecified atom stereocenters. The fraction of sp³-hybridized carbons (Fsp3) is 0.533. The molecule has 0 bridgehead atoms. The number of halogens is 3. The van der Waals surface area contributed by atoms with Gasteiger partial charge in [0.05, 0.1) is 0 Å². The molecule has 6 heteroatoms. The molecule has 0 radical (unpaired) electrons. The van der Waals surface area contributed by atoms with Crippen LogP contribution >= 0.6 is 0 Å². The van der Waals surface area contributed by atoms with E-state index in [1.165, 1.54) is 12.1 Å². The monoisotopic (exact) mass is 299 g/mol. The average molecular weight is 299 g/mol. The van der Waals surface area contributed by atoms with Gasteiger partial charge in [0.1, 0.15) is 5.75 Å². The normalized spacial score (nSPS) is 24.0. The van der Waals surface area contributed by atoms with Gasteiger partial charge in [0, 0.05) is 18.5 Å². The fourth-order valence-electron chi connectivity index (χ4n) is 3.61. The number of rotatable bonds is 3. The molecular weight excluding hydrogens is 283 g/mol. The molecule has 1 spiro atoms. The molecule has 0 N–H and O–H groups in total. The number of likely N-dealkylation sites (tertiary alicyclic amines) is 1. The van der Waals surface area contributed by atoms with Crippen molar-refractivity contribution in [2.45, 2.75) is 31.5 Å². The second-order valence-electron chi connectivity index (χ2n) is 6.07. The minimum atomic E-state index is -4.65. The zero-order chi connectivity index (χ0) is 15.1. The van der Waals surface area contributed by atoms with Gasteiger partial charge < -0.3 is 9.64 Å². The molecule has 21 heavy (non-hydrogen) atoms. The molecule has 3 nitrogen and oxygen atoms in total. The van der Waals surface area contributed by atoms with Crippen LogP contribution in [-0.2, 0) is 4.79 Å². The zero-order valence-corrected chi connectivity index (χ0v) is 11.4. The Kier molecular flexibility index (Phi) is 3.34. The summed E-state index contributed by atoms with van der Waals surface area (Å²) in [6.45, 7) is 1.62. The third-order valence-corrected chi connectivity index (χ3v) is 4.51. The Bertz CT molecular complexity index is 521. The zero-order valence-electron chi connectivity index (χ0n) is 11.4. The van der Waals surface area contributed by atoms with Gasteiger partial charge in [0.15, 0.2) is 0 Å². The third kappa shape index (κ3) is 2.99. The van der Waals surface area contributed by atoms with Gasteiger partial charge in [-0.15, -0.1) is 13.2 Å². The Morgan fingerprint density at radius 1 is 1.24 bits per heavy atom. The van der Waals surface area contributed by atoms with Gasteiger partial charge in [-0.1, -0.05) is 12.1 Å². The van der Waals surface area contributed by atoms with Crippen LogP contribution in [0.1, 0.15) is 30.7 Å². The summed E-state index contributed by atoms with van der Waals surface area (Å²) in [5.41, 5.74) is 1.28. The highest BCUT2D eigenvalue weighted by molar-refractivity contribution is 5.49. The number of alkyl halides is 3. The quantitative estimate of drug-likeness (QED) is 0.801. The highest BCUT2D eigenvalue weighted by atomic mass is 19.4. The predicted octanol–water partition coefficient (Wildman–Crippen LogP) is 3.31. The molecule has 2 aliphatic rings. The van der Waals surface area contributed by atoms with Gasteiger partial charge in [-0.25, -0.2) is 0 Å². The SMILES string of the molecule is O=CN1CC2(CCC(c3ccc(OC(F)(F)F)cc3)C2)C1. The van der Waals surface area contributed by atoms with E-state index in [2.05, 4.69) is 4.74 Å². The Balaban J connectivity index is 1.62. The van der Waals surface area contributed by atoms with Crippen molar-refractivity contribution in [3.63, 3.8) is 0 Å². The van der Waals surface area contributed by atoms with E-state index in [0.717, 1.165) is 44.3 Å². The van der Waals surface area contributed by atoms with Crippen molar-refractivity contribution in [1.29, 1.82) is 0 Å². The van der Waals surface area contributed by atoms with Crippen LogP contribution in [0.2, 0.25) is 0 Å². The Morgan fingerprint density at radius 2 is 1.90 bits per heavy atom. The molecule has 1 amide bonds.